The maximum Gasteiger partial charge on any atom is 0.0438 e. The molecule has 0 aliphatic rings. The molecule has 0 spiro atoms. The van der Waals surface area contributed by atoms with Crippen molar-refractivity contribution in [1.29, 1.82) is 0 Å². The molecule has 17 heavy (non-hydrogen) atoms. The molecule has 98 valence electrons. The van der Waals surface area contributed by atoms with E-state index < -0.39 is 0 Å². The van der Waals surface area contributed by atoms with Crippen LogP contribution in [0.5, 0.6) is 0 Å². The molecule has 1 atom stereocenters. The van der Waals surface area contributed by atoms with Gasteiger partial charge in [-0.2, -0.15) is 0 Å². The highest BCUT2D eigenvalue weighted by molar-refractivity contribution is 7.10. The minimum absolute atomic E-state index is 0.505. The van der Waals surface area contributed by atoms with Gasteiger partial charge in [-0.25, -0.2) is 0 Å². The first-order valence-corrected chi connectivity index (χ1v) is 7.56. The molecule has 0 aliphatic heterocycles. The van der Waals surface area contributed by atoms with E-state index in [1.165, 1.54) is 4.88 Å². The Labute approximate surface area is 110 Å². The standard InChI is InChI=1S/C14H26N2S/c1-5-16(6-2)10-9-15-14(12(3)4)13-8-7-11-17-13/h7-8,11-12,14-15H,5-6,9-10H2,1-4H3. The summed E-state index contributed by atoms with van der Waals surface area (Å²) >= 11 is 1.85. The summed E-state index contributed by atoms with van der Waals surface area (Å²) < 4.78 is 0. The Bertz CT molecular complexity index is 278. The van der Waals surface area contributed by atoms with Crippen molar-refractivity contribution in [2.24, 2.45) is 5.92 Å². The molecule has 1 heterocycles. The molecular formula is C14H26N2S. The van der Waals surface area contributed by atoms with Crippen molar-refractivity contribution in [3.05, 3.63) is 22.4 Å². The maximum atomic E-state index is 3.69. The van der Waals surface area contributed by atoms with Gasteiger partial charge in [0.15, 0.2) is 0 Å². The molecule has 0 bridgehead atoms. The fourth-order valence-corrected chi connectivity index (χ4v) is 3.02. The Morgan fingerprint density at radius 3 is 2.47 bits per heavy atom. The first-order valence-electron chi connectivity index (χ1n) is 6.68. The van der Waals surface area contributed by atoms with Crippen LogP contribution in [0.4, 0.5) is 0 Å². The van der Waals surface area contributed by atoms with Crippen LogP contribution >= 0.6 is 11.3 Å². The average Bonchev–Trinajstić information content (AvgIpc) is 2.82. The van der Waals surface area contributed by atoms with E-state index in [0.29, 0.717) is 12.0 Å². The summed E-state index contributed by atoms with van der Waals surface area (Å²) in [7, 11) is 0. The van der Waals surface area contributed by atoms with E-state index in [9.17, 15) is 0 Å². The van der Waals surface area contributed by atoms with Gasteiger partial charge in [0.05, 0.1) is 0 Å². The Hall–Kier alpha value is -0.380. The van der Waals surface area contributed by atoms with E-state index in [0.717, 1.165) is 26.2 Å². The summed E-state index contributed by atoms with van der Waals surface area (Å²) in [5, 5.41) is 5.85. The lowest BCUT2D eigenvalue weighted by Crippen LogP contribution is -2.35. The molecule has 0 amide bonds. The van der Waals surface area contributed by atoms with Crippen molar-refractivity contribution in [3.63, 3.8) is 0 Å². The molecule has 0 saturated heterocycles. The maximum absolute atomic E-state index is 3.69. The first kappa shape index (κ1) is 14.7. The Kier molecular flexibility index (Phi) is 6.78. The zero-order chi connectivity index (χ0) is 12.7. The van der Waals surface area contributed by atoms with Gasteiger partial charge in [-0.3, -0.25) is 0 Å². The zero-order valence-electron chi connectivity index (χ0n) is 11.6. The fraction of sp³-hybridized carbons (Fsp3) is 0.714. The van der Waals surface area contributed by atoms with Gasteiger partial charge in [-0.15, -0.1) is 11.3 Å². The highest BCUT2D eigenvalue weighted by atomic mass is 32.1. The Morgan fingerprint density at radius 2 is 2.00 bits per heavy atom. The molecule has 0 aromatic carbocycles. The van der Waals surface area contributed by atoms with Crippen molar-refractivity contribution >= 4 is 11.3 Å². The highest BCUT2D eigenvalue weighted by Gasteiger charge is 2.15. The highest BCUT2D eigenvalue weighted by Crippen LogP contribution is 2.25. The van der Waals surface area contributed by atoms with Crippen molar-refractivity contribution < 1.29 is 0 Å². The summed E-state index contributed by atoms with van der Waals surface area (Å²) in [4.78, 5) is 3.92. The number of likely N-dealkylation sites (N-methyl/N-ethyl adjacent to an activating group) is 1. The van der Waals surface area contributed by atoms with Crippen LogP contribution in [0.1, 0.15) is 38.6 Å². The molecule has 1 aromatic heterocycles. The van der Waals surface area contributed by atoms with Crippen LogP contribution in [0, 0.1) is 5.92 Å². The third-order valence-electron chi connectivity index (χ3n) is 3.20. The van der Waals surface area contributed by atoms with Gasteiger partial charge >= 0.3 is 0 Å². The van der Waals surface area contributed by atoms with Gasteiger partial charge in [0, 0.05) is 24.0 Å². The normalized spacial score (nSPS) is 13.5. The lowest BCUT2D eigenvalue weighted by atomic mass is 10.0. The first-order chi connectivity index (χ1) is 8.19. The van der Waals surface area contributed by atoms with Crippen LogP contribution < -0.4 is 5.32 Å². The topological polar surface area (TPSA) is 15.3 Å². The smallest absolute Gasteiger partial charge is 0.0438 e. The van der Waals surface area contributed by atoms with Crippen molar-refractivity contribution in [2.45, 2.75) is 33.7 Å². The molecule has 1 aromatic rings. The third kappa shape index (κ3) is 4.78. The van der Waals surface area contributed by atoms with Crippen LogP contribution in [-0.2, 0) is 0 Å². The number of nitrogens with one attached hydrogen (secondary N) is 1. The molecule has 0 saturated carbocycles. The number of thiophene rings is 1. The second-order valence-electron chi connectivity index (χ2n) is 4.72. The summed E-state index contributed by atoms with van der Waals surface area (Å²) in [6, 6.07) is 4.88. The van der Waals surface area contributed by atoms with Gasteiger partial charge in [0.2, 0.25) is 0 Å². The molecule has 1 N–H and O–H groups in total. The molecule has 1 unspecified atom stereocenters. The van der Waals surface area contributed by atoms with Gasteiger partial charge in [0.25, 0.3) is 0 Å². The van der Waals surface area contributed by atoms with E-state index in [2.05, 4.69) is 55.4 Å². The van der Waals surface area contributed by atoms with E-state index in [-0.39, 0.29) is 0 Å². The average molecular weight is 254 g/mol. The second-order valence-corrected chi connectivity index (χ2v) is 5.70. The lowest BCUT2D eigenvalue weighted by Gasteiger charge is -2.24. The van der Waals surface area contributed by atoms with Gasteiger partial charge in [-0.05, 0) is 30.5 Å². The Balaban J connectivity index is 2.41. The minimum atomic E-state index is 0.505. The van der Waals surface area contributed by atoms with Crippen LogP contribution in [-0.4, -0.2) is 31.1 Å². The zero-order valence-corrected chi connectivity index (χ0v) is 12.4. The lowest BCUT2D eigenvalue weighted by molar-refractivity contribution is 0.288. The van der Waals surface area contributed by atoms with Crippen molar-refractivity contribution in [2.75, 3.05) is 26.2 Å². The van der Waals surface area contributed by atoms with E-state index in [1.54, 1.807) is 0 Å². The van der Waals surface area contributed by atoms with Crippen LogP contribution in [0.2, 0.25) is 0 Å². The van der Waals surface area contributed by atoms with Crippen LogP contribution in [0.3, 0.4) is 0 Å². The largest absolute Gasteiger partial charge is 0.308 e. The molecule has 3 heteroatoms. The van der Waals surface area contributed by atoms with Crippen molar-refractivity contribution in [3.8, 4) is 0 Å². The van der Waals surface area contributed by atoms with E-state index >= 15 is 0 Å². The second kappa shape index (κ2) is 7.85. The molecule has 0 fully saturated rings. The van der Waals surface area contributed by atoms with Crippen LogP contribution in [0.25, 0.3) is 0 Å². The Morgan fingerprint density at radius 1 is 1.29 bits per heavy atom. The van der Waals surface area contributed by atoms with E-state index in [4.69, 9.17) is 0 Å². The number of hydrogen-bond donors (Lipinski definition) is 1. The van der Waals surface area contributed by atoms with Gasteiger partial charge in [0.1, 0.15) is 0 Å². The molecule has 1 rings (SSSR count). The summed E-state index contributed by atoms with van der Waals surface area (Å²) in [6.45, 7) is 13.5. The SMILES string of the molecule is CCN(CC)CCNC(c1cccs1)C(C)C. The fourth-order valence-electron chi connectivity index (χ4n) is 2.05. The number of rotatable bonds is 8. The summed E-state index contributed by atoms with van der Waals surface area (Å²) in [5.74, 6) is 0.644. The minimum Gasteiger partial charge on any atom is -0.308 e. The summed E-state index contributed by atoms with van der Waals surface area (Å²) in [6.07, 6.45) is 0. The molecular weight excluding hydrogens is 228 g/mol. The monoisotopic (exact) mass is 254 g/mol. The van der Waals surface area contributed by atoms with Crippen molar-refractivity contribution in [1.82, 2.24) is 10.2 Å². The predicted octanol–water partition coefficient (Wildman–Crippen LogP) is 3.38. The number of hydrogen-bond acceptors (Lipinski definition) is 3. The molecule has 0 radical (unpaired) electrons. The van der Waals surface area contributed by atoms with Gasteiger partial charge < -0.3 is 10.2 Å². The summed E-state index contributed by atoms with van der Waals surface area (Å²) in [5.41, 5.74) is 0. The quantitative estimate of drug-likeness (QED) is 0.765. The molecule has 2 nitrogen and oxygen atoms in total. The van der Waals surface area contributed by atoms with E-state index in [1.807, 2.05) is 11.3 Å². The van der Waals surface area contributed by atoms with Crippen LogP contribution in [0.15, 0.2) is 17.5 Å². The number of nitrogens with zero attached hydrogens (tertiary/aromatic N) is 1. The third-order valence-corrected chi connectivity index (χ3v) is 4.16. The molecule has 0 aliphatic carbocycles. The predicted molar refractivity (Wildman–Crippen MR) is 77.7 cm³/mol. The van der Waals surface area contributed by atoms with Gasteiger partial charge in [-0.1, -0.05) is 33.8 Å².